The zero-order valence-electron chi connectivity index (χ0n) is 14.8. The van der Waals surface area contributed by atoms with Gasteiger partial charge < -0.3 is 19.5 Å². The lowest BCUT2D eigenvalue weighted by molar-refractivity contribution is -0.198. The fourth-order valence-electron chi connectivity index (χ4n) is 6.30. The van der Waals surface area contributed by atoms with E-state index in [1.165, 1.54) is 11.1 Å². The van der Waals surface area contributed by atoms with E-state index in [4.69, 9.17) is 14.2 Å². The van der Waals surface area contributed by atoms with Crippen LogP contribution < -0.4 is 14.8 Å². The fraction of sp³-hybridized carbons (Fsp3) is 0.632. The van der Waals surface area contributed by atoms with Crippen LogP contribution in [0, 0.1) is 5.92 Å². The third-order valence-corrected chi connectivity index (χ3v) is 6.98. The number of carbonyl (C=O) groups is 1. The maximum atomic E-state index is 12.9. The standard InChI is InChI=1S/C19H23NO4.ClH/c1-10-8-12(21)17-18-6-7-20-14(19(10,18)23-3)9-11-4-5-13(22-2)16(24-17)15(11)18;/h4-5,10,14,17,20H,6-9H2,1-3H3;1H/t10-,14-,17+,18+,19-;/m1./s1. The average Bonchev–Trinajstić information content (AvgIpc) is 2.91. The summed E-state index contributed by atoms with van der Waals surface area (Å²) < 4.78 is 18.2. The van der Waals surface area contributed by atoms with Crippen LogP contribution in [0.15, 0.2) is 12.1 Å². The molecule has 1 N–H and O–H groups in total. The van der Waals surface area contributed by atoms with E-state index in [-0.39, 0.29) is 30.2 Å². The minimum absolute atomic E-state index is 0. The van der Waals surface area contributed by atoms with Gasteiger partial charge in [-0.25, -0.2) is 0 Å². The van der Waals surface area contributed by atoms with Crippen molar-refractivity contribution in [1.82, 2.24) is 5.32 Å². The Labute approximate surface area is 153 Å². The molecule has 136 valence electrons. The van der Waals surface area contributed by atoms with Gasteiger partial charge in [0, 0.05) is 25.1 Å². The van der Waals surface area contributed by atoms with Crippen LogP contribution in [0.2, 0.25) is 0 Å². The molecule has 1 aromatic carbocycles. The van der Waals surface area contributed by atoms with E-state index in [9.17, 15) is 4.79 Å². The molecule has 0 aromatic heterocycles. The normalized spacial score (nSPS) is 40.0. The molecule has 2 aliphatic carbocycles. The molecule has 5 nitrogen and oxygen atoms in total. The quantitative estimate of drug-likeness (QED) is 0.869. The van der Waals surface area contributed by atoms with Crippen molar-refractivity contribution >= 4 is 18.2 Å². The van der Waals surface area contributed by atoms with E-state index in [0.29, 0.717) is 6.42 Å². The summed E-state index contributed by atoms with van der Waals surface area (Å²) in [5.41, 5.74) is 1.63. The van der Waals surface area contributed by atoms with Crippen LogP contribution in [0.1, 0.15) is 30.9 Å². The van der Waals surface area contributed by atoms with Gasteiger partial charge in [0.2, 0.25) is 0 Å². The molecule has 6 heteroatoms. The first-order valence-corrected chi connectivity index (χ1v) is 8.78. The molecule has 2 fully saturated rings. The number of piperidine rings is 1. The van der Waals surface area contributed by atoms with Crippen molar-refractivity contribution in [2.45, 2.75) is 49.3 Å². The Balaban J connectivity index is 0.00000157. The molecule has 2 bridgehead atoms. The second-order valence-electron chi connectivity index (χ2n) is 7.63. The highest BCUT2D eigenvalue weighted by Gasteiger charge is 2.74. The number of ether oxygens (including phenoxy) is 3. The van der Waals surface area contributed by atoms with Gasteiger partial charge in [-0.3, -0.25) is 4.79 Å². The number of hydrogen-bond donors (Lipinski definition) is 1. The number of carbonyl (C=O) groups excluding carboxylic acids is 1. The number of Topliss-reactive ketones (excluding diaryl/α,β-unsaturated/α-hetero) is 1. The van der Waals surface area contributed by atoms with Crippen molar-refractivity contribution in [1.29, 1.82) is 0 Å². The van der Waals surface area contributed by atoms with Crippen molar-refractivity contribution in [3.05, 3.63) is 23.3 Å². The number of rotatable bonds is 2. The van der Waals surface area contributed by atoms with Crippen molar-refractivity contribution < 1.29 is 19.0 Å². The Kier molecular flexibility index (Phi) is 3.67. The van der Waals surface area contributed by atoms with E-state index in [1.807, 2.05) is 6.07 Å². The number of ketones is 1. The highest BCUT2D eigenvalue weighted by molar-refractivity contribution is 5.90. The van der Waals surface area contributed by atoms with Crippen LogP contribution >= 0.6 is 12.4 Å². The van der Waals surface area contributed by atoms with Crippen molar-refractivity contribution in [2.24, 2.45) is 5.92 Å². The minimum Gasteiger partial charge on any atom is -0.493 e. The summed E-state index contributed by atoms with van der Waals surface area (Å²) >= 11 is 0. The Morgan fingerprint density at radius 2 is 2.08 bits per heavy atom. The Hall–Kier alpha value is -1.30. The van der Waals surface area contributed by atoms with Crippen LogP contribution in [0.3, 0.4) is 0 Å². The third-order valence-electron chi connectivity index (χ3n) is 6.98. The smallest absolute Gasteiger partial charge is 0.174 e. The monoisotopic (exact) mass is 365 g/mol. The Morgan fingerprint density at radius 1 is 1.28 bits per heavy atom. The molecule has 1 saturated heterocycles. The van der Waals surface area contributed by atoms with Crippen molar-refractivity contribution in [3.8, 4) is 11.5 Å². The Morgan fingerprint density at radius 3 is 2.80 bits per heavy atom. The SMILES string of the molecule is COc1ccc2c3c1O[C@H]1C(=O)C[C@@H](C)[C@@]4(OC)[C@@H](C2)NCC[C@]314.Cl. The first kappa shape index (κ1) is 17.1. The topological polar surface area (TPSA) is 56.8 Å². The summed E-state index contributed by atoms with van der Waals surface area (Å²) in [6, 6.07) is 4.30. The maximum absolute atomic E-state index is 12.9. The summed E-state index contributed by atoms with van der Waals surface area (Å²) in [5.74, 6) is 1.84. The molecule has 0 radical (unpaired) electrons. The first-order valence-electron chi connectivity index (χ1n) is 8.78. The molecule has 1 aromatic rings. The second kappa shape index (κ2) is 5.35. The zero-order valence-corrected chi connectivity index (χ0v) is 15.6. The van der Waals surface area contributed by atoms with Gasteiger partial charge in [0.1, 0.15) is 5.60 Å². The lowest BCUT2D eigenvalue weighted by atomic mass is 9.46. The molecule has 0 amide bonds. The Bertz CT molecular complexity index is 753. The zero-order chi connectivity index (χ0) is 16.7. The molecule has 4 aliphatic rings. The molecule has 2 heterocycles. The maximum Gasteiger partial charge on any atom is 0.174 e. The molecule has 5 atom stereocenters. The molecule has 25 heavy (non-hydrogen) atoms. The van der Waals surface area contributed by atoms with Gasteiger partial charge in [0.15, 0.2) is 23.4 Å². The second-order valence-corrected chi connectivity index (χ2v) is 7.63. The van der Waals surface area contributed by atoms with E-state index in [1.54, 1.807) is 14.2 Å². The van der Waals surface area contributed by atoms with Gasteiger partial charge >= 0.3 is 0 Å². The minimum atomic E-state index is -0.455. The van der Waals surface area contributed by atoms with Crippen LogP contribution in [0.25, 0.3) is 0 Å². The van der Waals surface area contributed by atoms with Crippen molar-refractivity contribution in [3.63, 3.8) is 0 Å². The largest absolute Gasteiger partial charge is 0.493 e. The highest BCUT2D eigenvalue weighted by Crippen LogP contribution is 2.65. The number of methoxy groups -OCH3 is 2. The molecule has 0 unspecified atom stereocenters. The van der Waals surface area contributed by atoms with Gasteiger partial charge in [-0.2, -0.15) is 0 Å². The number of halogens is 1. The summed E-state index contributed by atoms with van der Waals surface area (Å²) in [5, 5.41) is 3.67. The van der Waals surface area contributed by atoms with E-state index < -0.39 is 17.1 Å². The summed E-state index contributed by atoms with van der Waals surface area (Å²) in [7, 11) is 3.46. The van der Waals surface area contributed by atoms with Gasteiger partial charge in [-0.05, 0) is 36.9 Å². The lowest BCUT2D eigenvalue weighted by Crippen LogP contribution is -2.79. The van der Waals surface area contributed by atoms with Gasteiger partial charge in [0.25, 0.3) is 0 Å². The lowest BCUT2D eigenvalue weighted by Gasteiger charge is -2.63. The predicted molar refractivity (Wildman–Crippen MR) is 95.0 cm³/mol. The van der Waals surface area contributed by atoms with E-state index in [2.05, 4.69) is 18.3 Å². The molecular formula is C19H24ClNO4. The summed E-state index contributed by atoms with van der Waals surface area (Å²) in [4.78, 5) is 12.9. The predicted octanol–water partition coefficient (Wildman–Crippen LogP) is 2.03. The fourth-order valence-corrected chi connectivity index (χ4v) is 6.30. The van der Waals surface area contributed by atoms with Crippen LogP contribution in [0.5, 0.6) is 11.5 Å². The summed E-state index contributed by atoms with van der Waals surface area (Å²) in [6.45, 7) is 3.04. The van der Waals surface area contributed by atoms with Crippen molar-refractivity contribution in [2.75, 3.05) is 20.8 Å². The molecule has 2 aliphatic heterocycles. The molecular weight excluding hydrogens is 342 g/mol. The van der Waals surface area contributed by atoms with Gasteiger partial charge in [-0.1, -0.05) is 13.0 Å². The highest BCUT2D eigenvalue weighted by atomic mass is 35.5. The van der Waals surface area contributed by atoms with E-state index >= 15 is 0 Å². The van der Waals surface area contributed by atoms with E-state index in [0.717, 1.165) is 30.9 Å². The summed E-state index contributed by atoms with van der Waals surface area (Å²) in [6.07, 6.45) is 1.80. The number of benzene rings is 1. The number of nitrogens with one attached hydrogen (secondary N) is 1. The first-order chi connectivity index (χ1) is 11.6. The van der Waals surface area contributed by atoms with Crippen LogP contribution in [-0.4, -0.2) is 44.3 Å². The number of hydrogen-bond acceptors (Lipinski definition) is 5. The molecule has 1 spiro atoms. The van der Waals surface area contributed by atoms with Gasteiger partial charge in [-0.15, -0.1) is 12.4 Å². The van der Waals surface area contributed by atoms with Gasteiger partial charge in [0.05, 0.1) is 12.5 Å². The van der Waals surface area contributed by atoms with Crippen LogP contribution in [-0.2, 0) is 21.4 Å². The third kappa shape index (κ3) is 1.65. The molecule has 5 rings (SSSR count). The average molecular weight is 366 g/mol. The molecule has 1 saturated carbocycles. The van der Waals surface area contributed by atoms with Crippen LogP contribution in [0.4, 0.5) is 0 Å².